The minimum absolute atomic E-state index is 0.0674. The first-order valence-electron chi connectivity index (χ1n) is 10.9. The molecular formula is C23H20ClF3N6O2. The summed E-state index contributed by atoms with van der Waals surface area (Å²) in [6, 6.07) is 6.19. The maximum atomic E-state index is 14.8. The SMILES string of the molecule is C=CC(=O)N1C[C@@H]2CC[C@H]1CN2c1ccc2ncnc(Nc3ccc(OC(F)F)c(Cl)c3F)c2n1. The number of piperidine rings is 2. The number of carbonyl (C=O) groups is 1. The number of hydrogen-bond donors (Lipinski definition) is 1. The van der Waals surface area contributed by atoms with Gasteiger partial charge in [-0.2, -0.15) is 8.78 Å². The first-order valence-corrected chi connectivity index (χ1v) is 11.2. The number of amides is 1. The number of aromatic nitrogens is 3. The highest BCUT2D eigenvalue weighted by molar-refractivity contribution is 6.32. The lowest BCUT2D eigenvalue weighted by Crippen LogP contribution is -2.64. The van der Waals surface area contributed by atoms with Crippen LogP contribution < -0.4 is 15.0 Å². The Morgan fingerprint density at radius 2 is 2.00 bits per heavy atom. The molecule has 3 aliphatic rings. The van der Waals surface area contributed by atoms with E-state index in [1.54, 1.807) is 6.07 Å². The van der Waals surface area contributed by atoms with Gasteiger partial charge in [-0.3, -0.25) is 4.79 Å². The summed E-state index contributed by atoms with van der Waals surface area (Å²) in [5.74, 6) is -0.596. The molecule has 6 rings (SSSR count). The third kappa shape index (κ3) is 4.31. The van der Waals surface area contributed by atoms with Crippen molar-refractivity contribution in [2.24, 2.45) is 0 Å². The Labute approximate surface area is 203 Å². The number of hydrogen-bond acceptors (Lipinski definition) is 7. The second kappa shape index (κ2) is 9.21. The van der Waals surface area contributed by atoms with Crippen molar-refractivity contribution in [3.63, 3.8) is 0 Å². The summed E-state index contributed by atoms with van der Waals surface area (Å²) in [7, 11) is 0. The number of nitrogens with one attached hydrogen (secondary N) is 1. The van der Waals surface area contributed by atoms with Crippen molar-refractivity contribution in [1.82, 2.24) is 19.9 Å². The zero-order chi connectivity index (χ0) is 24.7. The van der Waals surface area contributed by atoms with Crippen molar-refractivity contribution in [3.05, 3.63) is 54.1 Å². The van der Waals surface area contributed by atoms with E-state index in [0.717, 1.165) is 18.9 Å². The van der Waals surface area contributed by atoms with Gasteiger partial charge in [0.25, 0.3) is 0 Å². The smallest absolute Gasteiger partial charge is 0.387 e. The molecule has 3 saturated heterocycles. The number of rotatable bonds is 6. The highest BCUT2D eigenvalue weighted by Crippen LogP contribution is 2.36. The fourth-order valence-electron chi connectivity index (χ4n) is 4.62. The number of benzene rings is 1. The molecule has 2 bridgehead atoms. The highest BCUT2D eigenvalue weighted by atomic mass is 35.5. The van der Waals surface area contributed by atoms with E-state index in [4.69, 9.17) is 16.6 Å². The molecule has 1 N–H and O–H groups in total. The van der Waals surface area contributed by atoms with Crippen LogP contribution in [0.4, 0.5) is 30.5 Å². The molecule has 5 heterocycles. The number of anilines is 3. The Hall–Kier alpha value is -3.60. The molecule has 35 heavy (non-hydrogen) atoms. The van der Waals surface area contributed by atoms with E-state index in [1.807, 2.05) is 11.0 Å². The van der Waals surface area contributed by atoms with Gasteiger partial charge in [-0.25, -0.2) is 19.3 Å². The van der Waals surface area contributed by atoms with Gasteiger partial charge in [-0.05, 0) is 43.2 Å². The van der Waals surface area contributed by atoms with Gasteiger partial charge >= 0.3 is 6.61 Å². The van der Waals surface area contributed by atoms with Crippen molar-refractivity contribution in [1.29, 1.82) is 0 Å². The molecule has 1 amide bonds. The van der Waals surface area contributed by atoms with Gasteiger partial charge < -0.3 is 19.9 Å². The lowest BCUT2D eigenvalue weighted by atomic mass is 9.90. The van der Waals surface area contributed by atoms with Gasteiger partial charge in [0.05, 0.1) is 11.2 Å². The van der Waals surface area contributed by atoms with Crippen LogP contribution in [0.2, 0.25) is 5.02 Å². The molecule has 0 spiro atoms. The number of ether oxygens (including phenoxy) is 1. The van der Waals surface area contributed by atoms with E-state index in [0.29, 0.717) is 29.9 Å². The minimum atomic E-state index is -3.13. The van der Waals surface area contributed by atoms with E-state index in [-0.39, 0.29) is 29.5 Å². The van der Waals surface area contributed by atoms with Crippen LogP contribution in [0.15, 0.2) is 43.2 Å². The van der Waals surface area contributed by atoms with Crippen LogP contribution in [0, 0.1) is 5.82 Å². The van der Waals surface area contributed by atoms with Gasteiger partial charge in [-0.15, -0.1) is 0 Å². The van der Waals surface area contributed by atoms with Crippen LogP contribution in [-0.2, 0) is 4.79 Å². The van der Waals surface area contributed by atoms with Gasteiger partial charge in [-0.1, -0.05) is 18.2 Å². The average molecular weight is 505 g/mol. The summed E-state index contributed by atoms with van der Waals surface area (Å²) in [6.45, 7) is 1.68. The summed E-state index contributed by atoms with van der Waals surface area (Å²) in [5, 5.41) is 2.25. The number of fused-ring (bicyclic) bond motifs is 4. The van der Waals surface area contributed by atoms with Crippen molar-refractivity contribution in [2.75, 3.05) is 23.3 Å². The monoisotopic (exact) mass is 504 g/mol. The highest BCUT2D eigenvalue weighted by Gasteiger charge is 2.41. The molecule has 0 saturated carbocycles. The molecule has 2 atom stereocenters. The Morgan fingerprint density at radius 1 is 1.20 bits per heavy atom. The van der Waals surface area contributed by atoms with Crippen molar-refractivity contribution in [2.45, 2.75) is 31.5 Å². The first kappa shape index (κ1) is 23.2. The molecule has 0 aliphatic carbocycles. The molecule has 12 heteroatoms. The van der Waals surface area contributed by atoms with E-state index >= 15 is 0 Å². The number of pyridine rings is 1. The van der Waals surface area contributed by atoms with Crippen LogP contribution in [0.1, 0.15) is 12.8 Å². The fraction of sp³-hybridized carbons (Fsp3) is 0.304. The predicted octanol–water partition coefficient (Wildman–Crippen LogP) is 4.53. The third-order valence-electron chi connectivity index (χ3n) is 6.26. The topological polar surface area (TPSA) is 83.5 Å². The summed E-state index contributed by atoms with van der Waals surface area (Å²) in [5.41, 5.74) is 0.842. The van der Waals surface area contributed by atoms with E-state index in [2.05, 4.69) is 31.5 Å². The zero-order valence-electron chi connectivity index (χ0n) is 18.3. The first-order chi connectivity index (χ1) is 16.9. The van der Waals surface area contributed by atoms with Gasteiger partial charge in [0.1, 0.15) is 28.4 Å². The summed E-state index contributed by atoms with van der Waals surface area (Å²) in [6.07, 6.45) is 4.49. The third-order valence-corrected chi connectivity index (χ3v) is 6.62. The fourth-order valence-corrected chi connectivity index (χ4v) is 4.83. The molecule has 0 unspecified atom stereocenters. The zero-order valence-corrected chi connectivity index (χ0v) is 19.1. The van der Waals surface area contributed by atoms with Crippen LogP contribution in [0.3, 0.4) is 0 Å². The molecule has 2 aromatic heterocycles. The standard InChI is InChI=1S/C23H20ClF3N6O2/c1-2-18(34)33-10-12-3-4-13(33)9-32(12)17-8-6-15-21(31-17)22(29-11-28-15)30-14-5-7-16(35-23(26)27)19(24)20(14)25/h2,5-8,11-13,23H,1,3-4,9-10H2,(H,28,29,30)/t12-,13-/m0/s1. The lowest BCUT2D eigenvalue weighted by molar-refractivity contribution is -0.131. The molecule has 182 valence electrons. The summed E-state index contributed by atoms with van der Waals surface area (Å²) >= 11 is 5.87. The normalized spacial score (nSPS) is 19.3. The van der Waals surface area contributed by atoms with Crippen LogP contribution in [0.25, 0.3) is 11.0 Å². The molecule has 3 aromatic rings. The number of nitrogens with zero attached hydrogens (tertiary/aromatic N) is 5. The Bertz CT molecular complexity index is 1310. The molecule has 0 radical (unpaired) electrons. The van der Waals surface area contributed by atoms with Crippen molar-refractivity contribution >= 4 is 45.9 Å². The van der Waals surface area contributed by atoms with Crippen molar-refractivity contribution < 1.29 is 22.7 Å². The van der Waals surface area contributed by atoms with Crippen LogP contribution in [-0.4, -0.2) is 57.5 Å². The Morgan fingerprint density at radius 3 is 2.71 bits per heavy atom. The Balaban J connectivity index is 1.45. The molecule has 1 aromatic carbocycles. The quantitative estimate of drug-likeness (QED) is 0.494. The molecule has 8 nitrogen and oxygen atoms in total. The maximum absolute atomic E-state index is 14.8. The lowest BCUT2D eigenvalue weighted by Gasteiger charge is -2.51. The molecule has 3 fully saturated rings. The van der Waals surface area contributed by atoms with E-state index < -0.39 is 23.2 Å². The predicted molar refractivity (Wildman–Crippen MR) is 125 cm³/mol. The van der Waals surface area contributed by atoms with Crippen LogP contribution >= 0.6 is 11.6 Å². The Kier molecular flexibility index (Phi) is 6.10. The molecule has 3 aliphatic heterocycles. The van der Waals surface area contributed by atoms with Gasteiger partial charge in [0, 0.05) is 25.2 Å². The number of halogens is 4. The number of piperazine rings is 1. The second-order valence-corrected chi connectivity index (χ2v) is 8.61. The van der Waals surface area contributed by atoms with Crippen molar-refractivity contribution in [3.8, 4) is 5.75 Å². The summed E-state index contributed by atoms with van der Waals surface area (Å²) in [4.78, 5) is 29.4. The average Bonchev–Trinajstić information content (AvgIpc) is 2.87. The van der Waals surface area contributed by atoms with E-state index in [9.17, 15) is 18.0 Å². The minimum Gasteiger partial charge on any atom is -0.433 e. The maximum Gasteiger partial charge on any atom is 0.387 e. The largest absolute Gasteiger partial charge is 0.433 e. The summed E-state index contributed by atoms with van der Waals surface area (Å²) < 4.78 is 44.0. The molecular weight excluding hydrogens is 485 g/mol. The van der Waals surface area contributed by atoms with Gasteiger partial charge in [0.15, 0.2) is 11.6 Å². The number of carbonyl (C=O) groups excluding carboxylic acids is 1. The van der Waals surface area contributed by atoms with Gasteiger partial charge in [0.2, 0.25) is 5.91 Å². The number of alkyl halides is 2. The second-order valence-electron chi connectivity index (χ2n) is 8.23. The van der Waals surface area contributed by atoms with Crippen LogP contribution in [0.5, 0.6) is 5.75 Å². The van der Waals surface area contributed by atoms with E-state index in [1.165, 1.54) is 18.5 Å².